The molecule has 0 bridgehead atoms. The van der Waals surface area contributed by atoms with Crippen LogP contribution in [0.2, 0.25) is 0 Å². The van der Waals surface area contributed by atoms with Crippen molar-refractivity contribution in [1.29, 1.82) is 0 Å². The molecule has 142 valence electrons. The number of halogens is 3. The molecular formula is C19H18Cl3N3O2. The number of allylic oxidation sites excluding steroid dienone is 1. The Labute approximate surface area is 172 Å². The third kappa shape index (κ3) is 6.47. The summed E-state index contributed by atoms with van der Waals surface area (Å²) in [7, 11) is 0. The molecule has 0 saturated heterocycles. The van der Waals surface area contributed by atoms with Gasteiger partial charge in [0.05, 0.1) is 0 Å². The zero-order valence-electron chi connectivity index (χ0n) is 14.5. The molecule has 0 saturated carbocycles. The minimum absolute atomic E-state index is 0.0849. The topological polar surface area (TPSA) is 67.2 Å². The summed E-state index contributed by atoms with van der Waals surface area (Å²) in [6, 6.07) is 9.43. The van der Waals surface area contributed by atoms with Gasteiger partial charge in [0.15, 0.2) is 11.9 Å². The van der Waals surface area contributed by atoms with Crippen LogP contribution in [0, 0.1) is 0 Å². The van der Waals surface area contributed by atoms with Crippen LogP contribution in [0.15, 0.2) is 53.5 Å². The Balaban J connectivity index is 2.13. The first-order chi connectivity index (χ1) is 12.8. The predicted molar refractivity (Wildman–Crippen MR) is 113 cm³/mol. The highest BCUT2D eigenvalue weighted by molar-refractivity contribution is 6.68. The number of aromatic nitrogens is 1. The summed E-state index contributed by atoms with van der Waals surface area (Å²) in [6.45, 7) is 5.51. The lowest BCUT2D eigenvalue weighted by molar-refractivity contribution is -0.116. The average molecular weight is 427 g/mol. The van der Waals surface area contributed by atoms with Crippen molar-refractivity contribution in [1.82, 2.24) is 10.3 Å². The van der Waals surface area contributed by atoms with E-state index in [1.54, 1.807) is 18.2 Å². The van der Waals surface area contributed by atoms with E-state index >= 15 is 0 Å². The Hall–Kier alpha value is -2.21. The number of amides is 1. The highest BCUT2D eigenvalue weighted by Gasteiger charge is 2.35. The molecular weight excluding hydrogens is 409 g/mol. The summed E-state index contributed by atoms with van der Waals surface area (Å²) >= 11 is 17.9. The van der Waals surface area contributed by atoms with Crippen LogP contribution in [-0.4, -0.2) is 20.8 Å². The molecule has 0 aliphatic rings. The molecule has 1 unspecified atom stereocenters. The normalized spacial score (nSPS) is 13.0. The third-order valence-corrected chi connectivity index (χ3v) is 3.95. The monoisotopic (exact) mass is 425 g/mol. The first-order valence-electron chi connectivity index (χ1n) is 7.96. The smallest absolute Gasteiger partial charge is 0.297 e. The van der Waals surface area contributed by atoms with Gasteiger partial charge in [-0.25, -0.2) is 0 Å². The molecule has 27 heavy (non-hydrogen) atoms. The van der Waals surface area contributed by atoms with Gasteiger partial charge in [0, 0.05) is 6.08 Å². The average Bonchev–Trinajstić information content (AvgIpc) is 3.01. The molecule has 0 radical (unpaired) electrons. The van der Waals surface area contributed by atoms with E-state index in [-0.39, 0.29) is 6.01 Å². The fraction of sp³-hybridized carbons (Fsp3) is 0.158. The van der Waals surface area contributed by atoms with Crippen LogP contribution in [0.4, 0.5) is 6.01 Å². The van der Waals surface area contributed by atoms with Crippen molar-refractivity contribution in [2.75, 3.05) is 5.32 Å². The molecule has 5 nitrogen and oxygen atoms in total. The zero-order valence-corrected chi connectivity index (χ0v) is 16.7. The van der Waals surface area contributed by atoms with Gasteiger partial charge in [0.25, 0.3) is 6.01 Å². The van der Waals surface area contributed by atoms with Crippen molar-refractivity contribution in [3.05, 3.63) is 66.1 Å². The van der Waals surface area contributed by atoms with E-state index < -0.39 is 15.9 Å². The lowest BCUT2D eigenvalue weighted by Gasteiger charge is -2.25. The minimum atomic E-state index is -1.85. The van der Waals surface area contributed by atoms with Crippen LogP contribution < -0.4 is 10.6 Å². The quantitative estimate of drug-likeness (QED) is 0.359. The number of hydrogen-bond donors (Lipinski definition) is 2. The Morgan fingerprint density at radius 3 is 2.56 bits per heavy atom. The molecule has 8 heteroatoms. The molecule has 0 spiro atoms. The largest absolute Gasteiger partial charge is 0.424 e. The summed E-state index contributed by atoms with van der Waals surface area (Å²) in [5.74, 6) is 0.000762. The second kappa shape index (κ2) is 9.65. The number of nitrogens with one attached hydrogen (secondary N) is 2. The Morgan fingerprint density at radius 1 is 1.26 bits per heavy atom. The number of hydrogen-bond acceptors (Lipinski definition) is 4. The van der Waals surface area contributed by atoms with Crippen molar-refractivity contribution in [3.63, 3.8) is 0 Å². The van der Waals surface area contributed by atoms with Crippen molar-refractivity contribution in [2.24, 2.45) is 0 Å². The maximum atomic E-state index is 12.2. The van der Waals surface area contributed by atoms with Crippen molar-refractivity contribution >= 4 is 65.0 Å². The third-order valence-electron chi connectivity index (χ3n) is 3.30. The summed E-state index contributed by atoms with van der Waals surface area (Å²) in [5.41, 5.74) is 1.43. The SMILES string of the molecule is C=Cc1oc(NC(NC(=O)/C=C/c2ccccc2)C(Cl)(Cl)Cl)nc1/C=C\C. The zero-order chi connectivity index (χ0) is 19.9. The van der Waals surface area contributed by atoms with Gasteiger partial charge < -0.3 is 15.1 Å². The number of carbonyl (C=O) groups excluding carboxylic acids is 1. The number of carbonyl (C=O) groups is 1. The van der Waals surface area contributed by atoms with Gasteiger partial charge in [-0.05, 0) is 30.7 Å². The Kier molecular flexibility index (Phi) is 7.54. The number of nitrogens with zero attached hydrogens (tertiary/aromatic N) is 1. The highest BCUT2D eigenvalue weighted by Crippen LogP contribution is 2.31. The minimum Gasteiger partial charge on any atom is -0.424 e. The second-order valence-electron chi connectivity index (χ2n) is 5.34. The van der Waals surface area contributed by atoms with Crippen molar-refractivity contribution in [2.45, 2.75) is 16.9 Å². The van der Waals surface area contributed by atoms with Crippen LogP contribution in [0.5, 0.6) is 0 Å². The van der Waals surface area contributed by atoms with E-state index in [0.717, 1.165) is 5.56 Å². The van der Waals surface area contributed by atoms with E-state index in [2.05, 4.69) is 22.2 Å². The summed E-state index contributed by atoms with van der Waals surface area (Å²) in [5, 5.41) is 5.36. The number of anilines is 1. The van der Waals surface area contributed by atoms with Crippen molar-refractivity contribution in [3.8, 4) is 0 Å². The molecule has 2 N–H and O–H groups in total. The second-order valence-corrected chi connectivity index (χ2v) is 7.71. The molecule has 1 aromatic heterocycles. The number of oxazole rings is 1. The lowest BCUT2D eigenvalue weighted by Crippen LogP contribution is -2.48. The predicted octanol–water partition coefficient (Wildman–Crippen LogP) is 5.29. The summed E-state index contributed by atoms with van der Waals surface area (Å²) in [6.07, 6.45) is 6.98. The van der Waals surface area contributed by atoms with Crippen LogP contribution in [-0.2, 0) is 4.79 Å². The van der Waals surface area contributed by atoms with Crippen LogP contribution in [0.25, 0.3) is 18.2 Å². The van der Waals surface area contributed by atoms with Gasteiger partial charge in [-0.15, -0.1) is 0 Å². The molecule has 1 atom stereocenters. The number of benzene rings is 1. The molecule has 0 fully saturated rings. The van der Waals surface area contributed by atoms with Crippen LogP contribution in [0.1, 0.15) is 23.9 Å². The molecule has 2 rings (SSSR count). The molecule has 1 aromatic carbocycles. The van der Waals surface area contributed by atoms with Gasteiger partial charge in [-0.3, -0.25) is 4.79 Å². The first kappa shape index (κ1) is 21.1. The Bertz CT molecular complexity index is 840. The standard InChI is InChI=1S/C19H18Cl3N3O2/c1-3-8-14-15(4-2)27-18(23-14)25-17(19(20,21)22)24-16(26)12-11-13-9-6-5-7-10-13/h3-12,17H,2H2,1H3,(H,23,25)(H,24,26)/b8-3-,12-11+. The molecule has 1 heterocycles. The van der Waals surface area contributed by atoms with Gasteiger partial charge in [-0.2, -0.15) is 4.98 Å². The van der Waals surface area contributed by atoms with Crippen molar-refractivity contribution < 1.29 is 9.21 Å². The van der Waals surface area contributed by atoms with E-state index in [9.17, 15) is 4.79 Å². The molecule has 1 amide bonds. The summed E-state index contributed by atoms with van der Waals surface area (Å²) < 4.78 is 3.67. The molecule has 0 aliphatic carbocycles. The van der Waals surface area contributed by atoms with E-state index in [0.29, 0.717) is 11.5 Å². The van der Waals surface area contributed by atoms with Gasteiger partial charge in [0.2, 0.25) is 9.70 Å². The fourth-order valence-corrected chi connectivity index (χ4v) is 2.41. The number of rotatable bonds is 7. The maximum absolute atomic E-state index is 12.2. The highest BCUT2D eigenvalue weighted by atomic mass is 35.6. The summed E-state index contributed by atoms with van der Waals surface area (Å²) in [4.78, 5) is 16.4. The van der Waals surface area contributed by atoms with E-state index in [1.165, 1.54) is 12.2 Å². The van der Waals surface area contributed by atoms with Gasteiger partial charge in [-0.1, -0.05) is 77.8 Å². The van der Waals surface area contributed by atoms with Crippen LogP contribution >= 0.6 is 34.8 Å². The lowest BCUT2D eigenvalue weighted by atomic mass is 10.2. The van der Waals surface area contributed by atoms with E-state index in [4.69, 9.17) is 39.2 Å². The molecule has 2 aromatic rings. The first-order valence-corrected chi connectivity index (χ1v) is 9.09. The van der Waals surface area contributed by atoms with E-state index in [1.807, 2.05) is 37.3 Å². The Morgan fingerprint density at radius 2 is 1.96 bits per heavy atom. The molecule has 0 aliphatic heterocycles. The number of alkyl halides is 3. The van der Waals surface area contributed by atoms with Crippen LogP contribution in [0.3, 0.4) is 0 Å². The van der Waals surface area contributed by atoms with Gasteiger partial charge >= 0.3 is 0 Å². The fourth-order valence-electron chi connectivity index (χ4n) is 2.08. The maximum Gasteiger partial charge on any atom is 0.297 e. The van der Waals surface area contributed by atoms with Gasteiger partial charge in [0.1, 0.15) is 5.69 Å².